The normalized spacial score (nSPS) is 14.1. The SMILES string of the molecule is COC(Cc1ccc(OCCCOc2ccccc2)cc1)NC(=O)N1CCC(Nc2ccc(CCNC[C@H](O)COc3ccc(O[Si](c4ccccc4)(c4ccccc4)C(C)(C)C)cc3)cc2)CC1. The molecule has 6 aromatic rings. The quantitative estimate of drug-likeness (QED) is 0.0268. The second-order valence-electron chi connectivity index (χ2n) is 18.6. The number of hydrogen-bond acceptors (Lipinski definition) is 9. The van der Waals surface area contributed by atoms with Gasteiger partial charge in [0, 0.05) is 51.3 Å². The Morgan fingerprint density at radius 2 is 1.20 bits per heavy atom. The maximum atomic E-state index is 13.2. The zero-order valence-electron chi connectivity index (χ0n) is 40.6. The minimum atomic E-state index is -2.74. The van der Waals surface area contributed by atoms with Crippen molar-refractivity contribution < 1.29 is 33.3 Å². The van der Waals surface area contributed by atoms with Crippen molar-refractivity contribution in [1.82, 2.24) is 15.5 Å². The number of methoxy groups -OCH3 is 1. The second-order valence-corrected chi connectivity index (χ2v) is 22.9. The average molecular weight is 951 g/mol. The van der Waals surface area contributed by atoms with Crippen molar-refractivity contribution in [1.29, 1.82) is 0 Å². The number of aliphatic hydroxyl groups is 1. The highest BCUT2D eigenvalue weighted by Gasteiger charge is 2.52. The predicted octanol–water partition coefficient (Wildman–Crippen LogP) is 8.85. The summed E-state index contributed by atoms with van der Waals surface area (Å²) in [5.41, 5.74) is 3.32. The number of ether oxygens (including phenoxy) is 4. The van der Waals surface area contributed by atoms with E-state index in [4.69, 9.17) is 23.4 Å². The van der Waals surface area contributed by atoms with Crippen LogP contribution < -0.4 is 45.0 Å². The van der Waals surface area contributed by atoms with Crippen molar-refractivity contribution in [3.63, 3.8) is 0 Å². The Morgan fingerprint density at radius 1 is 0.681 bits per heavy atom. The van der Waals surface area contributed by atoms with Crippen LogP contribution in [0.2, 0.25) is 5.04 Å². The highest BCUT2D eigenvalue weighted by molar-refractivity contribution is 7.00. The lowest BCUT2D eigenvalue weighted by Crippen LogP contribution is -2.68. The molecule has 0 aliphatic carbocycles. The van der Waals surface area contributed by atoms with Gasteiger partial charge in [-0.25, -0.2) is 4.79 Å². The number of para-hydroxylation sites is 1. The maximum Gasteiger partial charge on any atom is 0.319 e. The molecule has 0 aromatic heterocycles. The van der Waals surface area contributed by atoms with Crippen LogP contribution in [0.15, 0.2) is 164 Å². The van der Waals surface area contributed by atoms with Gasteiger partial charge in [-0.3, -0.25) is 0 Å². The number of likely N-dealkylation sites (tertiary alicyclic amines) is 1. The third kappa shape index (κ3) is 14.8. The van der Waals surface area contributed by atoms with Crippen LogP contribution in [0.4, 0.5) is 10.5 Å². The first-order valence-corrected chi connectivity index (χ1v) is 26.2. The van der Waals surface area contributed by atoms with Gasteiger partial charge >= 0.3 is 14.3 Å². The van der Waals surface area contributed by atoms with Crippen molar-refractivity contribution in [2.45, 2.75) is 76.3 Å². The number of rotatable bonds is 24. The summed E-state index contributed by atoms with van der Waals surface area (Å²) >= 11 is 0. The van der Waals surface area contributed by atoms with Gasteiger partial charge in [0.2, 0.25) is 0 Å². The molecule has 2 amide bonds. The first kappa shape index (κ1) is 50.6. The first-order valence-electron chi connectivity index (χ1n) is 24.3. The molecule has 0 spiro atoms. The van der Waals surface area contributed by atoms with Gasteiger partial charge in [-0.1, -0.05) is 124 Å². The summed E-state index contributed by atoms with van der Waals surface area (Å²) in [5.74, 6) is 3.13. The number of nitrogens with one attached hydrogen (secondary N) is 3. The maximum absolute atomic E-state index is 13.2. The molecule has 12 heteroatoms. The van der Waals surface area contributed by atoms with E-state index in [9.17, 15) is 9.90 Å². The summed E-state index contributed by atoms with van der Waals surface area (Å²) in [4.78, 5) is 15.1. The van der Waals surface area contributed by atoms with Crippen molar-refractivity contribution in [3.05, 3.63) is 175 Å². The van der Waals surface area contributed by atoms with E-state index >= 15 is 0 Å². The van der Waals surface area contributed by atoms with Crippen LogP contribution >= 0.6 is 0 Å². The van der Waals surface area contributed by atoms with Gasteiger partial charge < -0.3 is 49.3 Å². The molecular weight excluding hydrogens is 881 g/mol. The summed E-state index contributed by atoms with van der Waals surface area (Å²) in [7, 11) is -1.12. The zero-order valence-corrected chi connectivity index (χ0v) is 41.6. The highest BCUT2D eigenvalue weighted by Crippen LogP contribution is 2.38. The van der Waals surface area contributed by atoms with E-state index in [2.05, 4.69) is 110 Å². The van der Waals surface area contributed by atoms with E-state index in [1.54, 1.807) is 7.11 Å². The third-order valence-electron chi connectivity index (χ3n) is 12.5. The van der Waals surface area contributed by atoms with Crippen LogP contribution in [-0.4, -0.2) is 95.8 Å². The number of hydrogen-bond donors (Lipinski definition) is 4. The standard InChI is InChI=1S/C57H70N4O7Si/c1-57(2,3)69(53-17-10-6-11-18-53,54-19-12-7-13-20-54)68-52-31-29-51(30-32-52)67-43-48(62)42-58-36-33-44-21-25-46(26-22-44)59-47-34-37-61(38-35-47)56(63)60-55(64-4)41-45-23-27-50(28-24-45)66-40-14-39-65-49-15-8-5-9-16-49/h5-13,15-32,47-48,55,58-59,62H,14,33-43H2,1-4H3,(H,60,63)/t48-,55?/m0/s1. The van der Waals surface area contributed by atoms with Crippen LogP contribution in [-0.2, 0) is 17.6 Å². The molecule has 4 N–H and O–H groups in total. The molecular formula is C57H70N4O7Si. The molecule has 1 unspecified atom stereocenters. The van der Waals surface area contributed by atoms with E-state index in [-0.39, 0.29) is 23.7 Å². The predicted molar refractivity (Wildman–Crippen MR) is 279 cm³/mol. The fourth-order valence-corrected chi connectivity index (χ4v) is 13.1. The molecule has 2 atom stereocenters. The number of anilines is 1. The van der Waals surface area contributed by atoms with Gasteiger partial charge in [0.25, 0.3) is 0 Å². The summed E-state index contributed by atoms with van der Waals surface area (Å²) in [5, 5.41) is 23.1. The van der Waals surface area contributed by atoms with Crippen LogP contribution in [0.3, 0.4) is 0 Å². The highest BCUT2D eigenvalue weighted by atomic mass is 28.4. The Hall–Kier alpha value is -6.31. The lowest BCUT2D eigenvalue weighted by atomic mass is 10.0. The Morgan fingerprint density at radius 3 is 1.78 bits per heavy atom. The number of amides is 2. The zero-order chi connectivity index (χ0) is 48.3. The molecule has 0 saturated carbocycles. The molecule has 1 aliphatic heterocycles. The van der Waals surface area contributed by atoms with Gasteiger partial charge in [0.1, 0.15) is 41.9 Å². The number of piperidine rings is 1. The number of nitrogens with zero attached hydrogens (tertiary/aromatic N) is 1. The van der Waals surface area contributed by atoms with Crippen LogP contribution in [0.25, 0.3) is 0 Å². The van der Waals surface area contributed by atoms with E-state index in [1.807, 2.05) is 95.9 Å². The Kier molecular flexibility index (Phi) is 18.6. The molecule has 6 aromatic carbocycles. The van der Waals surface area contributed by atoms with E-state index < -0.39 is 20.6 Å². The molecule has 69 heavy (non-hydrogen) atoms. The second kappa shape index (κ2) is 25.3. The Labute approximate surface area is 410 Å². The fraction of sp³-hybridized carbons (Fsp3) is 0.351. The fourth-order valence-electron chi connectivity index (χ4n) is 8.73. The molecule has 0 radical (unpaired) electrons. The Bertz CT molecular complexity index is 2360. The lowest BCUT2D eigenvalue weighted by Gasteiger charge is -2.43. The number of carbonyl (C=O) groups is 1. The van der Waals surface area contributed by atoms with E-state index in [0.29, 0.717) is 45.0 Å². The molecule has 11 nitrogen and oxygen atoms in total. The minimum Gasteiger partial charge on any atom is -0.534 e. The molecule has 0 bridgehead atoms. The number of urea groups is 1. The van der Waals surface area contributed by atoms with Crippen molar-refractivity contribution in [2.24, 2.45) is 0 Å². The van der Waals surface area contributed by atoms with Crippen molar-refractivity contribution in [3.8, 4) is 23.0 Å². The van der Waals surface area contributed by atoms with Crippen LogP contribution in [0, 0.1) is 0 Å². The third-order valence-corrected chi connectivity index (χ3v) is 17.5. The van der Waals surface area contributed by atoms with Crippen LogP contribution in [0.1, 0.15) is 51.2 Å². The summed E-state index contributed by atoms with van der Waals surface area (Å²) < 4.78 is 30.4. The number of aliphatic hydroxyl groups excluding tert-OH is 1. The van der Waals surface area contributed by atoms with Gasteiger partial charge in [0.15, 0.2) is 0 Å². The van der Waals surface area contributed by atoms with Gasteiger partial charge in [0.05, 0.1) is 13.2 Å². The van der Waals surface area contributed by atoms with E-state index in [0.717, 1.165) is 60.7 Å². The molecule has 1 saturated heterocycles. The van der Waals surface area contributed by atoms with Gasteiger partial charge in [-0.15, -0.1) is 0 Å². The molecule has 1 fully saturated rings. The molecule has 1 heterocycles. The molecule has 364 valence electrons. The van der Waals surface area contributed by atoms with Gasteiger partial charge in [-0.05, 0) is 113 Å². The Balaban J connectivity index is 0.760. The summed E-state index contributed by atoms with van der Waals surface area (Å²) in [6.45, 7) is 10.6. The van der Waals surface area contributed by atoms with Crippen LogP contribution in [0.5, 0.6) is 23.0 Å². The topological polar surface area (TPSA) is 123 Å². The number of carbonyl (C=O) groups excluding carboxylic acids is 1. The molecule has 1 aliphatic rings. The summed E-state index contributed by atoms with van der Waals surface area (Å²) in [6, 6.07) is 55.3. The largest absolute Gasteiger partial charge is 0.534 e. The smallest absolute Gasteiger partial charge is 0.319 e. The molecule has 7 rings (SSSR count). The lowest BCUT2D eigenvalue weighted by molar-refractivity contribution is 0.0730. The van der Waals surface area contributed by atoms with Crippen molar-refractivity contribution in [2.75, 3.05) is 58.4 Å². The minimum absolute atomic E-state index is 0.112. The van der Waals surface area contributed by atoms with Gasteiger partial charge in [-0.2, -0.15) is 0 Å². The first-order chi connectivity index (χ1) is 33.6. The van der Waals surface area contributed by atoms with E-state index in [1.165, 1.54) is 15.9 Å². The van der Waals surface area contributed by atoms with Crippen molar-refractivity contribution >= 4 is 30.4 Å². The summed E-state index contributed by atoms with van der Waals surface area (Å²) in [6.07, 6.45) is 2.77. The average Bonchev–Trinajstić information content (AvgIpc) is 3.38. The number of benzene rings is 6. The monoisotopic (exact) mass is 951 g/mol.